The smallest absolute Gasteiger partial charge is 0.136 e. The van der Waals surface area contributed by atoms with E-state index in [1.54, 1.807) is 31.4 Å². The van der Waals surface area contributed by atoms with Gasteiger partial charge in [-0.3, -0.25) is 4.79 Å². The molecular formula is C21H22N2O3S. The third-order valence-electron chi connectivity index (χ3n) is 5.09. The molecule has 2 aromatic heterocycles. The fourth-order valence-corrected chi connectivity index (χ4v) is 4.94. The number of furan rings is 1. The lowest BCUT2D eigenvalue weighted by Crippen LogP contribution is -2.48. The summed E-state index contributed by atoms with van der Waals surface area (Å²) in [5.74, 6) is -0.0375. The average molecular weight is 382 g/mol. The first-order chi connectivity index (χ1) is 12.8. The van der Waals surface area contributed by atoms with Crippen LogP contribution in [0.4, 0.5) is 0 Å². The zero-order valence-electron chi connectivity index (χ0n) is 15.7. The number of nitriles is 1. The molecule has 0 fully saturated rings. The highest BCUT2D eigenvalue weighted by Gasteiger charge is 2.49. The molecule has 27 heavy (non-hydrogen) atoms. The number of carbonyl (C=O) groups excluding carboxylic acids is 1. The topological polar surface area (TPSA) is 87.1 Å². The fraction of sp³-hybridized carbons (Fsp3) is 0.381. The maximum absolute atomic E-state index is 12.5. The van der Waals surface area contributed by atoms with E-state index in [4.69, 9.17) is 4.42 Å². The van der Waals surface area contributed by atoms with Gasteiger partial charge in [-0.1, -0.05) is 6.08 Å². The summed E-state index contributed by atoms with van der Waals surface area (Å²) in [6.45, 7) is 8.74. The van der Waals surface area contributed by atoms with Crippen molar-refractivity contribution < 1.29 is 14.3 Å². The van der Waals surface area contributed by atoms with Gasteiger partial charge in [0.05, 0.1) is 29.3 Å². The number of thioether (sulfide) groups is 1. The van der Waals surface area contributed by atoms with Crippen LogP contribution in [0, 0.1) is 24.2 Å². The van der Waals surface area contributed by atoms with Gasteiger partial charge < -0.3 is 9.52 Å². The molecule has 0 amide bonds. The number of ketones is 1. The summed E-state index contributed by atoms with van der Waals surface area (Å²) >= 11 is 1.44. The number of hydrogen-bond donors (Lipinski definition) is 1. The van der Waals surface area contributed by atoms with Gasteiger partial charge in [0.15, 0.2) is 0 Å². The number of fused-ring (bicyclic) bond motifs is 1. The molecule has 0 saturated heterocycles. The van der Waals surface area contributed by atoms with Crippen molar-refractivity contribution in [2.24, 2.45) is 5.92 Å². The minimum absolute atomic E-state index is 0.116. The summed E-state index contributed by atoms with van der Waals surface area (Å²) in [5.41, 5.74) is 1.48. The summed E-state index contributed by atoms with van der Waals surface area (Å²) in [7, 11) is 0. The van der Waals surface area contributed by atoms with Crippen LogP contribution in [0.25, 0.3) is 0 Å². The summed E-state index contributed by atoms with van der Waals surface area (Å²) < 4.78 is 5.63. The first kappa shape index (κ1) is 19.4. The van der Waals surface area contributed by atoms with E-state index >= 15 is 0 Å². The number of aryl methyl sites for hydroxylation is 1. The molecule has 3 unspecified atom stereocenters. The highest BCUT2D eigenvalue weighted by Crippen LogP contribution is 2.48. The summed E-state index contributed by atoms with van der Waals surface area (Å²) in [4.78, 5) is 17.2. The maximum atomic E-state index is 12.5. The standard InChI is InChI=1S/C21H22N2O3S/c1-5-9-27-20-15(11-22)14-10-21(4,25)19(13(3)24)18(16-7-6-8-26-16)17(14)12(2)23-20/h5-8,18-19,25H,1,9-10H2,2-4H3. The first-order valence-corrected chi connectivity index (χ1v) is 9.73. The van der Waals surface area contributed by atoms with Gasteiger partial charge in [-0.25, -0.2) is 4.98 Å². The molecule has 140 valence electrons. The molecule has 0 aliphatic heterocycles. The van der Waals surface area contributed by atoms with E-state index in [-0.39, 0.29) is 12.2 Å². The van der Waals surface area contributed by atoms with Crippen molar-refractivity contribution in [3.63, 3.8) is 0 Å². The van der Waals surface area contributed by atoms with Crippen LogP contribution in [0.1, 0.15) is 47.9 Å². The van der Waals surface area contributed by atoms with Gasteiger partial charge in [0.1, 0.15) is 22.6 Å². The van der Waals surface area contributed by atoms with Gasteiger partial charge in [0, 0.05) is 17.9 Å². The Balaban J connectivity index is 2.31. The first-order valence-electron chi connectivity index (χ1n) is 8.75. The Morgan fingerprint density at radius 2 is 2.37 bits per heavy atom. The fourth-order valence-electron chi connectivity index (χ4n) is 4.15. The second-order valence-corrected chi connectivity index (χ2v) is 8.11. The number of Topliss-reactive ketones (excluding diaryl/α,β-unsaturated/α-hetero) is 1. The van der Waals surface area contributed by atoms with Crippen LogP contribution in [0.3, 0.4) is 0 Å². The molecular weight excluding hydrogens is 360 g/mol. The van der Waals surface area contributed by atoms with E-state index in [2.05, 4.69) is 17.6 Å². The van der Waals surface area contributed by atoms with Crippen molar-refractivity contribution >= 4 is 17.5 Å². The Labute approximate surface area is 163 Å². The molecule has 5 nitrogen and oxygen atoms in total. The van der Waals surface area contributed by atoms with Crippen LogP contribution < -0.4 is 0 Å². The molecule has 2 heterocycles. The minimum Gasteiger partial charge on any atom is -0.469 e. The zero-order chi connectivity index (χ0) is 19.8. The van der Waals surface area contributed by atoms with E-state index < -0.39 is 17.4 Å². The lowest BCUT2D eigenvalue weighted by atomic mass is 9.64. The van der Waals surface area contributed by atoms with E-state index in [9.17, 15) is 15.2 Å². The SMILES string of the molecule is C=CCSc1nc(C)c2c(c1C#N)CC(C)(O)C(C(C)=O)C2c1ccco1. The number of hydrogen-bond acceptors (Lipinski definition) is 6. The highest BCUT2D eigenvalue weighted by atomic mass is 32.2. The van der Waals surface area contributed by atoms with Crippen molar-refractivity contribution in [1.82, 2.24) is 4.98 Å². The molecule has 0 bridgehead atoms. The predicted molar refractivity (Wildman–Crippen MR) is 104 cm³/mol. The van der Waals surface area contributed by atoms with Gasteiger partial charge in [0.25, 0.3) is 0 Å². The largest absolute Gasteiger partial charge is 0.469 e. The van der Waals surface area contributed by atoms with Crippen LogP contribution >= 0.6 is 11.8 Å². The van der Waals surface area contributed by atoms with E-state index in [0.29, 0.717) is 22.1 Å². The second-order valence-electron chi connectivity index (χ2n) is 7.10. The van der Waals surface area contributed by atoms with Crippen LogP contribution in [0.15, 0.2) is 40.5 Å². The van der Waals surface area contributed by atoms with Crippen LogP contribution in [0.2, 0.25) is 0 Å². The maximum Gasteiger partial charge on any atom is 0.136 e. The quantitative estimate of drug-likeness (QED) is 0.625. The molecule has 1 N–H and O–H groups in total. The van der Waals surface area contributed by atoms with Gasteiger partial charge in [0.2, 0.25) is 0 Å². The molecule has 0 aromatic carbocycles. The van der Waals surface area contributed by atoms with Gasteiger partial charge in [-0.15, -0.1) is 18.3 Å². The molecule has 1 aliphatic rings. The average Bonchev–Trinajstić information content (AvgIpc) is 3.12. The van der Waals surface area contributed by atoms with Gasteiger partial charge in [-0.2, -0.15) is 5.26 Å². The third kappa shape index (κ3) is 3.33. The van der Waals surface area contributed by atoms with Crippen LogP contribution in [0.5, 0.6) is 0 Å². The lowest BCUT2D eigenvalue weighted by molar-refractivity contribution is -0.131. The summed E-state index contributed by atoms with van der Waals surface area (Å²) in [5, 5.41) is 21.6. The van der Waals surface area contributed by atoms with Crippen molar-refractivity contribution in [1.29, 1.82) is 5.26 Å². The van der Waals surface area contributed by atoms with E-state index in [1.165, 1.54) is 18.7 Å². The Morgan fingerprint density at radius 3 is 2.93 bits per heavy atom. The third-order valence-corrected chi connectivity index (χ3v) is 6.06. The van der Waals surface area contributed by atoms with E-state index in [1.807, 2.05) is 6.92 Å². The van der Waals surface area contributed by atoms with E-state index in [0.717, 1.165) is 16.8 Å². The van der Waals surface area contributed by atoms with Gasteiger partial charge >= 0.3 is 0 Å². The lowest BCUT2D eigenvalue weighted by Gasteiger charge is -2.42. The Morgan fingerprint density at radius 1 is 1.63 bits per heavy atom. The molecule has 0 spiro atoms. The zero-order valence-corrected chi connectivity index (χ0v) is 16.5. The minimum atomic E-state index is -1.30. The van der Waals surface area contributed by atoms with Crippen molar-refractivity contribution in [3.05, 3.63) is 59.2 Å². The normalized spacial score (nSPS) is 24.1. The Hall–Kier alpha value is -2.36. The number of aliphatic hydroxyl groups is 1. The van der Waals surface area contributed by atoms with Crippen LogP contribution in [-0.4, -0.2) is 27.2 Å². The molecule has 3 atom stereocenters. The number of aromatic nitrogens is 1. The highest BCUT2D eigenvalue weighted by molar-refractivity contribution is 7.99. The molecule has 0 radical (unpaired) electrons. The summed E-state index contributed by atoms with van der Waals surface area (Å²) in [6, 6.07) is 5.83. The molecule has 0 saturated carbocycles. The monoisotopic (exact) mass is 382 g/mol. The predicted octanol–water partition coefficient (Wildman–Crippen LogP) is 3.78. The summed E-state index contributed by atoms with van der Waals surface area (Å²) in [6.07, 6.45) is 3.53. The molecule has 2 aromatic rings. The molecule has 3 rings (SSSR count). The molecule has 6 heteroatoms. The Kier molecular flexibility index (Phi) is 5.27. The number of nitrogens with zero attached hydrogens (tertiary/aromatic N) is 2. The number of rotatable bonds is 5. The number of carbonyl (C=O) groups is 1. The Bertz CT molecular complexity index is 926. The van der Waals surface area contributed by atoms with Crippen molar-refractivity contribution in [3.8, 4) is 6.07 Å². The van der Waals surface area contributed by atoms with Gasteiger partial charge in [-0.05, 0) is 44.0 Å². The second kappa shape index (κ2) is 7.34. The van der Waals surface area contributed by atoms with Crippen molar-refractivity contribution in [2.75, 3.05) is 5.75 Å². The van der Waals surface area contributed by atoms with Crippen LogP contribution in [-0.2, 0) is 11.2 Å². The molecule has 1 aliphatic carbocycles. The number of pyridine rings is 1. The van der Waals surface area contributed by atoms with Crippen molar-refractivity contribution in [2.45, 2.75) is 43.7 Å².